The Morgan fingerprint density at radius 3 is 2.56 bits per heavy atom. The molecule has 1 N–H and O–H groups in total. The van der Waals surface area contributed by atoms with E-state index in [1.165, 1.54) is 34.9 Å². The highest BCUT2D eigenvalue weighted by Crippen LogP contribution is 2.24. The number of sulfone groups is 1. The van der Waals surface area contributed by atoms with Crippen LogP contribution in [-0.2, 0) is 9.84 Å². The Balaban J connectivity index is 2.22. The summed E-state index contributed by atoms with van der Waals surface area (Å²) in [5, 5.41) is 20.4. The van der Waals surface area contributed by atoms with Gasteiger partial charge in [-0.2, -0.15) is 5.26 Å². The summed E-state index contributed by atoms with van der Waals surface area (Å²) < 4.78 is 26.9. The number of imidazole rings is 1. The summed E-state index contributed by atoms with van der Waals surface area (Å²) in [5.74, 6) is 0. The average molecular weight is 400 g/mol. The standard InChI is InChI=1S/C17H12N4O4S2/c1-11-2-5-13(6-3-11)27(24,25)14(9-18)10-20-16-8-12(21(22)23)4-7-15(16)19-17(20)26/h2-8,10H,1H3,(H,19,26). The van der Waals surface area contributed by atoms with Crippen molar-refractivity contribution in [3.63, 3.8) is 0 Å². The predicted octanol–water partition coefficient (Wildman–Crippen LogP) is 3.71. The second-order valence-corrected chi connectivity index (χ2v) is 7.99. The third-order valence-corrected chi connectivity index (χ3v) is 5.86. The number of aromatic amines is 1. The van der Waals surface area contributed by atoms with Gasteiger partial charge in [-0.05, 0) is 37.3 Å². The predicted molar refractivity (Wildman–Crippen MR) is 102 cm³/mol. The second kappa shape index (κ2) is 6.79. The molecule has 0 aliphatic rings. The van der Waals surface area contributed by atoms with Crippen LogP contribution >= 0.6 is 12.2 Å². The Labute approximate surface area is 159 Å². The number of nitriles is 1. The molecule has 10 heteroatoms. The highest BCUT2D eigenvalue weighted by molar-refractivity contribution is 7.95. The number of aromatic nitrogens is 2. The maximum absolute atomic E-state index is 12.8. The van der Waals surface area contributed by atoms with Gasteiger partial charge >= 0.3 is 0 Å². The minimum atomic E-state index is -4.07. The van der Waals surface area contributed by atoms with Gasteiger partial charge in [-0.1, -0.05) is 17.7 Å². The van der Waals surface area contributed by atoms with Crippen LogP contribution in [0.4, 0.5) is 5.69 Å². The summed E-state index contributed by atoms with van der Waals surface area (Å²) in [6.45, 7) is 1.82. The van der Waals surface area contributed by atoms with E-state index in [0.29, 0.717) is 11.0 Å². The van der Waals surface area contributed by atoms with Crippen molar-refractivity contribution in [2.45, 2.75) is 11.8 Å². The van der Waals surface area contributed by atoms with E-state index in [0.717, 1.165) is 11.8 Å². The lowest BCUT2D eigenvalue weighted by Crippen LogP contribution is -2.05. The smallest absolute Gasteiger partial charge is 0.271 e. The molecule has 8 nitrogen and oxygen atoms in total. The lowest BCUT2D eigenvalue weighted by molar-refractivity contribution is -0.384. The van der Waals surface area contributed by atoms with E-state index >= 15 is 0 Å². The molecule has 0 spiro atoms. The Bertz CT molecular complexity index is 1290. The van der Waals surface area contributed by atoms with E-state index in [2.05, 4.69) is 4.98 Å². The highest BCUT2D eigenvalue weighted by atomic mass is 32.2. The van der Waals surface area contributed by atoms with Gasteiger partial charge in [0.1, 0.15) is 6.07 Å². The molecule has 0 amide bonds. The molecule has 0 radical (unpaired) electrons. The minimum Gasteiger partial charge on any atom is -0.330 e. The fraction of sp³-hybridized carbons (Fsp3) is 0.0588. The van der Waals surface area contributed by atoms with Crippen LogP contribution in [0.5, 0.6) is 0 Å². The Morgan fingerprint density at radius 2 is 1.96 bits per heavy atom. The van der Waals surface area contributed by atoms with Gasteiger partial charge in [0.05, 0.1) is 20.9 Å². The molecule has 0 atom stereocenters. The number of benzene rings is 2. The molecule has 0 saturated carbocycles. The maximum atomic E-state index is 12.8. The lowest BCUT2D eigenvalue weighted by Gasteiger charge is -2.04. The first-order valence-electron chi connectivity index (χ1n) is 7.56. The first-order valence-corrected chi connectivity index (χ1v) is 9.45. The number of nitrogens with one attached hydrogen (secondary N) is 1. The van der Waals surface area contributed by atoms with Crippen LogP contribution in [0.2, 0.25) is 0 Å². The van der Waals surface area contributed by atoms with Crippen LogP contribution < -0.4 is 0 Å². The second-order valence-electron chi connectivity index (χ2n) is 5.68. The topological polar surface area (TPSA) is 122 Å². The molecular weight excluding hydrogens is 388 g/mol. The highest BCUT2D eigenvalue weighted by Gasteiger charge is 2.22. The molecule has 1 heterocycles. The number of hydrogen-bond donors (Lipinski definition) is 1. The van der Waals surface area contributed by atoms with E-state index in [1.54, 1.807) is 18.2 Å². The van der Waals surface area contributed by atoms with E-state index < -0.39 is 19.7 Å². The molecule has 2 aromatic carbocycles. The number of aryl methyl sites for hydroxylation is 1. The van der Waals surface area contributed by atoms with E-state index in [1.807, 2.05) is 6.92 Å². The van der Waals surface area contributed by atoms with E-state index in [-0.39, 0.29) is 15.4 Å². The van der Waals surface area contributed by atoms with Crippen molar-refractivity contribution in [2.24, 2.45) is 0 Å². The van der Waals surface area contributed by atoms with Crippen LogP contribution in [0.3, 0.4) is 0 Å². The average Bonchev–Trinajstić information content (AvgIpc) is 2.94. The van der Waals surface area contributed by atoms with Crippen molar-refractivity contribution in [3.8, 4) is 6.07 Å². The Kier molecular flexibility index (Phi) is 4.65. The van der Waals surface area contributed by atoms with Crippen molar-refractivity contribution >= 4 is 45.0 Å². The molecule has 0 aliphatic carbocycles. The van der Waals surface area contributed by atoms with Crippen molar-refractivity contribution in [2.75, 3.05) is 0 Å². The maximum Gasteiger partial charge on any atom is 0.271 e. The monoisotopic (exact) mass is 400 g/mol. The Hall–Kier alpha value is -3.29. The third kappa shape index (κ3) is 3.38. The van der Waals surface area contributed by atoms with Crippen LogP contribution in [-0.4, -0.2) is 22.9 Å². The van der Waals surface area contributed by atoms with Crippen molar-refractivity contribution in [3.05, 3.63) is 67.8 Å². The van der Waals surface area contributed by atoms with Crippen molar-refractivity contribution < 1.29 is 13.3 Å². The molecular formula is C17H12N4O4S2. The van der Waals surface area contributed by atoms with Gasteiger partial charge in [-0.25, -0.2) is 8.42 Å². The van der Waals surface area contributed by atoms with Gasteiger partial charge in [0, 0.05) is 18.3 Å². The molecule has 0 bridgehead atoms. The third-order valence-electron chi connectivity index (χ3n) is 3.89. The minimum absolute atomic E-state index is 0.0294. The number of nitrogens with zero attached hydrogens (tertiary/aromatic N) is 3. The molecule has 0 saturated heterocycles. The first kappa shape index (κ1) is 18.5. The Morgan fingerprint density at radius 1 is 1.30 bits per heavy atom. The summed E-state index contributed by atoms with van der Waals surface area (Å²) in [6.07, 6.45) is 1.07. The van der Waals surface area contributed by atoms with Crippen LogP contribution in [0, 0.1) is 33.1 Å². The molecule has 27 heavy (non-hydrogen) atoms. The number of nitro groups is 1. The summed E-state index contributed by atoms with van der Waals surface area (Å²) in [7, 11) is -4.07. The summed E-state index contributed by atoms with van der Waals surface area (Å²) >= 11 is 5.17. The summed E-state index contributed by atoms with van der Waals surface area (Å²) in [6, 6.07) is 11.8. The lowest BCUT2D eigenvalue weighted by atomic mass is 10.2. The van der Waals surface area contributed by atoms with Gasteiger partial charge in [0.15, 0.2) is 9.68 Å². The molecule has 136 valence electrons. The SMILES string of the molecule is Cc1ccc(S(=O)(=O)C(C#N)=Cn2c(=S)[nH]c3ccc([N+](=O)[O-])cc32)cc1. The normalized spacial score (nSPS) is 12.1. The molecule has 1 aromatic heterocycles. The fourth-order valence-corrected chi connectivity index (χ4v) is 3.85. The van der Waals surface area contributed by atoms with Gasteiger partial charge < -0.3 is 4.98 Å². The van der Waals surface area contributed by atoms with Crippen molar-refractivity contribution in [1.82, 2.24) is 9.55 Å². The van der Waals surface area contributed by atoms with Gasteiger partial charge in [-0.15, -0.1) is 0 Å². The largest absolute Gasteiger partial charge is 0.330 e. The number of fused-ring (bicyclic) bond motifs is 1. The van der Waals surface area contributed by atoms with E-state index in [4.69, 9.17) is 12.2 Å². The van der Waals surface area contributed by atoms with Crippen molar-refractivity contribution in [1.29, 1.82) is 5.26 Å². The van der Waals surface area contributed by atoms with Gasteiger partial charge in [0.2, 0.25) is 9.84 Å². The molecule has 0 aliphatic heterocycles. The summed E-state index contributed by atoms with van der Waals surface area (Å²) in [4.78, 5) is 12.7. The quantitative estimate of drug-likeness (QED) is 0.308. The van der Waals surface area contributed by atoms with Gasteiger partial charge in [-0.3, -0.25) is 14.7 Å². The van der Waals surface area contributed by atoms with Crippen LogP contribution in [0.15, 0.2) is 52.3 Å². The molecule has 3 aromatic rings. The van der Waals surface area contributed by atoms with Gasteiger partial charge in [0.25, 0.3) is 5.69 Å². The molecule has 0 fully saturated rings. The van der Waals surface area contributed by atoms with Crippen LogP contribution in [0.1, 0.15) is 5.56 Å². The summed E-state index contributed by atoms with van der Waals surface area (Å²) in [5.41, 5.74) is 1.47. The molecule has 0 unspecified atom stereocenters. The number of H-pyrrole nitrogens is 1. The first-order chi connectivity index (χ1) is 12.7. The van der Waals surface area contributed by atoms with Crippen LogP contribution in [0.25, 0.3) is 17.2 Å². The molecule has 3 rings (SSSR count). The number of nitro benzene ring substituents is 1. The number of rotatable bonds is 4. The van der Waals surface area contributed by atoms with E-state index in [9.17, 15) is 23.8 Å². The number of non-ortho nitro benzene ring substituents is 1. The number of hydrogen-bond acceptors (Lipinski definition) is 6. The fourth-order valence-electron chi connectivity index (χ4n) is 2.47. The zero-order valence-electron chi connectivity index (χ0n) is 13.9. The number of allylic oxidation sites excluding steroid dienone is 1. The zero-order chi connectivity index (χ0) is 19.8. The zero-order valence-corrected chi connectivity index (χ0v) is 15.5.